The Labute approximate surface area is 150 Å². The zero-order valence-electron chi connectivity index (χ0n) is 14.4. The molecule has 0 amide bonds. The normalized spacial score (nSPS) is 15.1. The van der Waals surface area contributed by atoms with Crippen LogP contribution < -0.4 is 14.2 Å². The highest BCUT2D eigenvalue weighted by molar-refractivity contribution is 6.13. The molecule has 4 nitrogen and oxygen atoms in total. The van der Waals surface area contributed by atoms with Crippen molar-refractivity contribution in [3.63, 3.8) is 0 Å². The number of Topliss-reactive ketones (excluding diaryl/α,β-unsaturated/α-hetero) is 1. The van der Waals surface area contributed by atoms with Crippen molar-refractivity contribution >= 4 is 11.9 Å². The van der Waals surface area contributed by atoms with Crippen LogP contribution in [-0.2, 0) is 6.42 Å². The van der Waals surface area contributed by atoms with Gasteiger partial charge in [0.05, 0.1) is 14.2 Å². The molecule has 0 fully saturated rings. The number of hydrogen-bond acceptors (Lipinski definition) is 4. The summed E-state index contributed by atoms with van der Waals surface area (Å²) in [6.45, 7) is -2.95. The molecule has 26 heavy (non-hydrogen) atoms. The SMILES string of the molecule is COc1ccc2c(c1)CC/C(=C/c1ccc(OC)c(OC(F)F)c1)C2=O. The van der Waals surface area contributed by atoms with Gasteiger partial charge >= 0.3 is 6.61 Å². The van der Waals surface area contributed by atoms with Gasteiger partial charge in [-0.15, -0.1) is 0 Å². The van der Waals surface area contributed by atoms with Crippen molar-refractivity contribution in [1.29, 1.82) is 0 Å². The van der Waals surface area contributed by atoms with E-state index in [0.717, 1.165) is 5.56 Å². The summed E-state index contributed by atoms with van der Waals surface area (Å²) in [7, 11) is 2.96. The summed E-state index contributed by atoms with van der Waals surface area (Å²) in [4.78, 5) is 12.7. The Morgan fingerprint density at radius 3 is 2.50 bits per heavy atom. The maximum absolute atomic E-state index is 12.7. The van der Waals surface area contributed by atoms with Crippen LogP contribution in [0, 0.1) is 0 Å². The van der Waals surface area contributed by atoms with Crippen LogP contribution in [0.3, 0.4) is 0 Å². The number of benzene rings is 2. The van der Waals surface area contributed by atoms with E-state index >= 15 is 0 Å². The van der Waals surface area contributed by atoms with Crippen molar-refractivity contribution in [2.45, 2.75) is 19.5 Å². The van der Waals surface area contributed by atoms with Crippen LogP contribution in [0.2, 0.25) is 0 Å². The van der Waals surface area contributed by atoms with E-state index in [0.29, 0.717) is 35.3 Å². The average Bonchev–Trinajstić information content (AvgIpc) is 2.63. The molecule has 0 aromatic heterocycles. The summed E-state index contributed by atoms with van der Waals surface area (Å²) in [5.74, 6) is 0.791. The molecular weight excluding hydrogens is 342 g/mol. The molecule has 0 unspecified atom stereocenters. The van der Waals surface area contributed by atoms with Crippen molar-refractivity contribution in [3.05, 3.63) is 58.7 Å². The predicted octanol–water partition coefficient (Wildman–Crippen LogP) is 4.52. The molecule has 0 atom stereocenters. The Morgan fingerprint density at radius 1 is 1.00 bits per heavy atom. The Balaban J connectivity index is 1.91. The van der Waals surface area contributed by atoms with Gasteiger partial charge in [0.2, 0.25) is 0 Å². The van der Waals surface area contributed by atoms with Crippen LogP contribution in [0.5, 0.6) is 17.2 Å². The summed E-state index contributed by atoms with van der Waals surface area (Å²) >= 11 is 0. The van der Waals surface area contributed by atoms with Gasteiger partial charge < -0.3 is 14.2 Å². The first kappa shape index (κ1) is 17.9. The molecule has 2 aromatic rings. The van der Waals surface area contributed by atoms with Crippen LogP contribution in [0.25, 0.3) is 6.08 Å². The van der Waals surface area contributed by atoms with Crippen LogP contribution in [0.4, 0.5) is 8.78 Å². The summed E-state index contributed by atoms with van der Waals surface area (Å²) < 4.78 is 39.8. The molecule has 0 N–H and O–H groups in total. The molecule has 0 bridgehead atoms. The van der Waals surface area contributed by atoms with E-state index in [1.54, 1.807) is 31.4 Å². The lowest BCUT2D eigenvalue weighted by molar-refractivity contribution is -0.0512. The van der Waals surface area contributed by atoms with Crippen molar-refractivity contribution < 1.29 is 27.8 Å². The van der Waals surface area contributed by atoms with Gasteiger partial charge in [0, 0.05) is 11.1 Å². The Hall–Kier alpha value is -2.89. The fourth-order valence-corrected chi connectivity index (χ4v) is 2.99. The van der Waals surface area contributed by atoms with E-state index in [4.69, 9.17) is 9.47 Å². The zero-order chi connectivity index (χ0) is 18.7. The van der Waals surface area contributed by atoms with Crippen LogP contribution in [0.1, 0.15) is 27.9 Å². The number of rotatable bonds is 5. The van der Waals surface area contributed by atoms with E-state index in [1.807, 2.05) is 6.07 Å². The molecule has 3 rings (SSSR count). The summed E-state index contributed by atoms with van der Waals surface area (Å²) in [5, 5.41) is 0. The lowest BCUT2D eigenvalue weighted by Crippen LogP contribution is -2.14. The Bertz CT molecular complexity index is 859. The highest BCUT2D eigenvalue weighted by atomic mass is 19.3. The molecular formula is C20H18F2O4. The lowest BCUT2D eigenvalue weighted by atomic mass is 9.86. The van der Waals surface area contributed by atoms with Gasteiger partial charge in [-0.05, 0) is 60.4 Å². The van der Waals surface area contributed by atoms with E-state index in [2.05, 4.69) is 4.74 Å². The number of carbonyl (C=O) groups excluding carboxylic acids is 1. The third-order valence-corrected chi connectivity index (χ3v) is 4.26. The minimum Gasteiger partial charge on any atom is -0.497 e. The van der Waals surface area contributed by atoms with Gasteiger partial charge in [0.15, 0.2) is 17.3 Å². The molecule has 1 aliphatic rings. The van der Waals surface area contributed by atoms with E-state index in [-0.39, 0.29) is 17.3 Å². The maximum atomic E-state index is 12.7. The van der Waals surface area contributed by atoms with Gasteiger partial charge in [-0.25, -0.2) is 0 Å². The number of ether oxygens (including phenoxy) is 3. The fourth-order valence-electron chi connectivity index (χ4n) is 2.99. The number of hydrogen-bond donors (Lipinski definition) is 0. The predicted molar refractivity (Wildman–Crippen MR) is 93.2 cm³/mol. The van der Waals surface area contributed by atoms with Crippen molar-refractivity contribution in [3.8, 4) is 17.2 Å². The van der Waals surface area contributed by atoms with Gasteiger partial charge in [-0.2, -0.15) is 8.78 Å². The average molecular weight is 360 g/mol. The number of fused-ring (bicyclic) bond motifs is 1. The number of allylic oxidation sites excluding steroid dienone is 1. The van der Waals surface area contributed by atoms with Crippen molar-refractivity contribution in [1.82, 2.24) is 0 Å². The van der Waals surface area contributed by atoms with Gasteiger partial charge in [0.1, 0.15) is 5.75 Å². The van der Waals surface area contributed by atoms with Crippen LogP contribution >= 0.6 is 0 Å². The summed E-state index contributed by atoms with van der Waals surface area (Å²) in [6, 6.07) is 10.0. The zero-order valence-corrected chi connectivity index (χ0v) is 14.4. The highest BCUT2D eigenvalue weighted by Crippen LogP contribution is 2.33. The number of aryl methyl sites for hydroxylation is 1. The number of carbonyl (C=O) groups is 1. The molecule has 0 spiro atoms. The molecule has 1 aliphatic carbocycles. The standard InChI is InChI=1S/C20H18F2O4/c1-24-15-6-7-16-13(11-15)4-5-14(19(16)23)9-12-3-8-17(25-2)18(10-12)26-20(21)22/h3,6-11,20H,4-5H2,1-2H3/b14-9-. The second kappa shape index (κ2) is 7.56. The first-order valence-electron chi connectivity index (χ1n) is 8.07. The quantitative estimate of drug-likeness (QED) is 0.736. The minimum atomic E-state index is -2.95. The first-order chi connectivity index (χ1) is 12.5. The monoisotopic (exact) mass is 360 g/mol. The van der Waals surface area contributed by atoms with E-state index in [9.17, 15) is 13.6 Å². The fraction of sp³-hybridized carbons (Fsp3) is 0.250. The molecule has 2 aromatic carbocycles. The van der Waals surface area contributed by atoms with E-state index < -0.39 is 6.61 Å². The Kier molecular flexibility index (Phi) is 5.21. The highest BCUT2D eigenvalue weighted by Gasteiger charge is 2.22. The minimum absolute atomic E-state index is 0.0646. The molecule has 0 saturated carbocycles. The molecule has 0 heterocycles. The van der Waals surface area contributed by atoms with Crippen molar-refractivity contribution in [2.75, 3.05) is 14.2 Å². The number of alkyl halides is 2. The second-order valence-electron chi connectivity index (χ2n) is 5.81. The number of halogens is 2. The lowest BCUT2D eigenvalue weighted by Gasteiger charge is -2.18. The number of methoxy groups -OCH3 is 2. The molecule has 6 heteroatoms. The summed E-state index contributed by atoms with van der Waals surface area (Å²) in [6.07, 6.45) is 2.98. The maximum Gasteiger partial charge on any atom is 0.387 e. The topological polar surface area (TPSA) is 44.8 Å². The van der Waals surface area contributed by atoms with Crippen LogP contribution in [-0.4, -0.2) is 26.6 Å². The van der Waals surface area contributed by atoms with Gasteiger partial charge in [0.25, 0.3) is 0 Å². The van der Waals surface area contributed by atoms with Crippen molar-refractivity contribution in [2.24, 2.45) is 0 Å². The first-order valence-corrected chi connectivity index (χ1v) is 8.07. The smallest absolute Gasteiger partial charge is 0.387 e. The molecule has 0 saturated heterocycles. The number of ketones is 1. The van der Waals surface area contributed by atoms with Crippen LogP contribution in [0.15, 0.2) is 42.0 Å². The van der Waals surface area contributed by atoms with E-state index in [1.165, 1.54) is 19.2 Å². The second-order valence-corrected chi connectivity index (χ2v) is 5.81. The van der Waals surface area contributed by atoms with Gasteiger partial charge in [-0.3, -0.25) is 4.79 Å². The molecule has 0 aliphatic heterocycles. The Morgan fingerprint density at radius 2 is 1.81 bits per heavy atom. The molecule has 0 radical (unpaired) electrons. The van der Waals surface area contributed by atoms with Gasteiger partial charge in [-0.1, -0.05) is 6.07 Å². The third kappa shape index (κ3) is 3.69. The third-order valence-electron chi connectivity index (χ3n) is 4.26. The largest absolute Gasteiger partial charge is 0.497 e. The summed E-state index contributed by atoms with van der Waals surface area (Å²) in [5.41, 5.74) is 2.81. The molecule has 136 valence electrons.